The second-order valence-electron chi connectivity index (χ2n) is 9.91. The third-order valence-corrected chi connectivity index (χ3v) is 6.10. The van der Waals surface area contributed by atoms with Crippen molar-refractivity contribution in [2.45, 2.75) is 58.4 Å². The van der Waals surface area contributed by atoms with Gasteiger partial charge in [-0.25, -0.2) is 0 Å². The number of aryl methyl sites for hydroxylation is 1. The summed E-state index contributed by atoms with van der Waals surface area (Å²) in [6.45, 7) is 13.3. The van der Waals surface area contributed by atoms with Crippen LogP contribution in [0.1, 0.15) is 73.6 Å². The van der Waals surface area contributed by atoms with E-state index in [0.717, 1.165) is 5.56 Å². The Balaban J connectivity index is 1.71. The third-order valence-electron chi connectivity index (χ3n) is 6.10. The molecular weight excluding hydrogens is 366 g/mol. The molecule has 0 spiro atoms. The number of fused-ring (bicyclic) bond motifs is 3. The molecule has 2 amide bonds. The highest BCUT2D eigenvalue weighted by Gasteiger charge is 2.45. The first kappa shape index (κ1) is 19.7. The molecule has 1 unspecified atom stereocenters. The molecule has 1 saturated heterocycles. The SMILES string of the molecule is Cc1onc(C(C)(C)C)c1C(=O)N1CC(=O)N2CC(C)(C)c3ccccc3C2C1. The number of hydrogen-bond donors (Lipinski definition) is 0. The van der Waals surface area contributed by atoms with E-state index in [1.807, 2.05) is 37.8 Å². The van der Waals surface area contributed by atoms with Gasteiger partial charge in [-0.1, -0.05) is 64.0 Å². The van der Waals surface area contributed by atoms with E-state index in [0.29, 0.717) is 30.1 Å². The van der Waals surface area contributed by atoms with Crippen LogP contribution in [0.2, 0.25) is 0 Å². The van der Waals surface area contributed by atoms with Crippen LogP contribution in [0.5, 0.6) is 0 Å². The van der Waals surface area contributed by atoms with Crippen LogP contribution in [0.3, 0.4) is 0 Å². The molecule has 1 aromatic heterocycles. The number of piperazine rings is 1. The molecule has 29 heavy (non-hydrogen) atoms. The van der Waals surface area contributed by atoms with Gasteiger partial charge in [0.25, 0.3) is 5.91 Å². The Morgan fingerprint density at radius 2 is 1.93 bits per heavy atom. The highest BCUT2D eigenvalue weighted by Crippen LogP contribution is 2.41. The number of nitrogens with zero attached hydrogens (tertiary/aromatic N) is 3. The Labute approximate surface area is 171 Å². The molecule has 1 aromatic carbocycles. The van der Waals surface area contributed by atoms with Crippen LogP contribution < -0.4 is 0 Å². The minimum Gasteiger partial charge on any atom is -0.361 e. The summed E-state index contributed by atoms with van der Waals surface area (Å²) in [5.41, 5.74) is 3.07. The van der Waals surface area contributed by atoms with Crippen molar-refractivity contribution in [1.29, 1.82) is 0 Å². The predicted molar refractivity (Wildman–Crippen MR) is 110 cm³/mol. The maximum absolute atomic E-state index is 13.5. The first-order valence-electron chi connectivity index (χ1n) is 10.2. The van der Waals surface area contributed by atoms with E-state index in [1.54, 1.807) is 11.8 Å². The van der Waals surface area contributed by atoms with Gasteiger partial charge in [-0.05, 0) is 18.1 Å². The van der Waals surface area contributed by atoms with Gasteiger partial charge in [0, 0.05) is 23.9 Å². The molecule has 2 aromatic rings. The first-order chi connectivity index (χ1) is 13.5. The van der Waals surface area contributed by atoms with Gasteiger partial charge in [-0.15, -0.1) is 0 Å². The normalized spacial score (nSPS) is 21.0. The van der Waals surface area contributed by atoms with Gasteiger partial charge in [-0.2, -0.15) is 0 Å². The quantitative estimate of drug-likeness (QED) is 0.740. The Morgan fingerprint density at radius 1 is 1.24 bits per heavy atom. The van der Waals surface area contributed by atoms with Gasteiger partial charge in [0.2, 0.25) is 5.91 Å². The van der Waals surface area contributed by atoms with Crippen molar-refractivity contribution in [3.63, 3.8) is 0 Å². The summed E-state index contributed by atoms with van der Waals surface area (Å²) in [4.78, 5) is 30.1. The number of carbonyl (C=O) groups excluding carboxylic acids is 2. The standard InChI is InChI=1S/C23H29N3O3/c1-14-19(20(24-29-14)22(2,3)4)21(28)25-11-17-15-9-7-8-10-16(15)23(5,6)13-26(17)18(27)12-25/h7-10,17H,11-13H2,1-6H3. The summed E-state index contributed by atoms with van der Waals surface area (Å²) in [5.74, 6) is 0.313. The lowest BCUT2D eigenvalue weighted by Gasteiger charge is -2.49. The maximum atomic E-state index is 13.5. The van der Waals surface area contributed by atoms with E-state index >= 15 is 0 Å². The molecule has 0 saturated carbocycles. The predicted octanol–water partition coefficient (Wildman–Crippen LogP) is 3.60. The van der Waals surface area contributed by atoms with Gasteiger partial charge >= 0.3 is 0 Å². The number of benzene rings is 1. The van der Waals surface area contributed by atoms with E-state index in [2.05, 4.69) is 31.1 Å². The van der Waals surface area contributed by atoms with Gasteiger partial charge < -0.3 is 14.3 Å². The van der Waals surface area contributed by atoms with Crippen molar-refractivity contribution in [3.05, 3.63) is 52.4 Å². The maximum Gasteiger partial charge on any atom is 0.259 e. The Kier molecular flexibility index (Phi) is 4.37. The van der Waals surface area contributed by atoms with Crippen molar-refractivity contribution in [3.8, 4) is 0 Å². The van der Waals surface area contributed by atoms with Crippen LogP contribution in [0, 0.1) is 6.92 Å². The van der Waals surface area contributed by atoms with Crippen LogP contribution in [-0.4, -0.2) is 46.4 Å². The van der Waals surface area contributed by atoms with Crippen molar-refractivity contribution in [2.75, 3.05) is 19.6 Å². The molecule has 1 fully saturated rings. The summed E-state index contributed by atoms with van der Waals surface area (Å²) in [7, 11) is 0. The molecule has 2 aliphatic rings. The van der Waals surface area contributed by atoms with Crippen molar-refractivity contribution < 1.29 is 14.1 Å². The van der Waals surface area contributed by atoms with Crippen LogP contribution in [0.25, 0.3) is 0 Å². The molecular formula is C23H29N3O3. The lowest BCUT2D eigenvalue weighted by Crippen LogP contribution is -2.58. The van der Waals surface area contributed by atoms with E-state index < -0.39 is 0 Å². The van der Waals surface area contributed by atoms with E-state index in [9.17, 15) is 9.59 Å². The Hall–Kier alpha value is -2.63. The molecule has 6 nitrogen and oxygen atoms in total. The zero-order valence-corrected chi connectivity index (χ0v) is 18.1. The molecule has 0 bridgehead atoms. The van der Waals surface area contributed by atoms with Crippen molar-refractivity contribution in [2.24, 2.45) is 0 Å². The average Bonchev–Trinajstić information content (AvgIpc) is 3.04. The highest BCUT2D eigenvalue weighted by atomic mass is 16.5. The summed E-state index contributed by atoms with van der Waals surface area (Å²) in [6, 6.07) is 8.15. The molecule has 1 atom stereocenters. The fourth-order valence-corrected chi connectivity index (χ4v) is 4.63. The van der Waals surface area contributed by atoms with Crippen molar-refractivity contribution in [1.82, 2.24) is 15.0 Å². The van der Waals surface area contributed by atoms with E-state index in [4.69, 9.17) is 4.52 Å². The summed E-state index contributed by atoms with van der Waals surface area (Å²) in [6.07, 6.45) is 0. The fourth-order valence-electron chi connectivity index (χ4n) is 4.63. The third kappa shape index (κ3) is 3.15. The van der Waals surface area contributed by atoms with Gasteiger partial charge in [-0.3, -0.25) is 9.59 Å². The summed E-state index contributed by atoms with van der Waals surface area (Å²) in [5, 5.41) is 4.14. The number of rotatable bonds is 1. The van der Waals surface area contributed by atoms with Crippen LogP contribution in [0.4, 0.5) is 0 Å². The van der Waals surface area contributed by atoms with Gasteiger partial charge in [0.1, 0.15) is 23.6 Å². The van der Waals surface area contributed by atoms with Gasteiger partial charge in [0.15, 0.2) is 0 Å². The molecule has 154 valence electrons. The number of carbonyl (C=O) groups is 2. The largest absolute Gasteiger partial charge is 0.361 e. The monoisotopic (exact) mass is 395 g/mol. The average molecular weight is 396 g/mol. The second-order valence-corrected chi connectivity index (χ2v) is 9.91. The molecule has 0 radical (unpaired) electrons. The lowest BCUT2D eigenvalue weighted by atomic mass is 9.75. The van der Waals surface area contributed by atoms with Crippen LogP contribution in [-0.2, 0) is 15.6 Å². The molecule has 2 aliphatic heterocycles. The minimum absolute atomic E-state index is 0.0106. The summed E-state index contributed by atoms with van der Waals surface area (Å²) < 4.78 is 5.36. The van der Waals surface area contributed by atoms with Crippen LogP contribution in [0.15, 0.2) is 28.8 Å². The molecule has 0 aliphatic carbocycles. The molecule has 0 N–H and O–H groups in total. The first-order valence-corrected chi connectivity index (χ1v) is 10.2. The zero-order valence-electron chi connectivity index (χ0n) is 18.1. The lowest BCUT2D eigenvalue weighted by molar-refractivity contribution is -0.140. The second kappa shape index (κ2) is 6.44. The smallest absolute Gasteiger partial charge is 0.259 e. The molecule has 4 rings (SSSR count). The summed E-state index contributed by atoms with van der Waals surface area (Å²) >= 11 is 0. The van der Waals surface area contributed by atoms with E-state index in [-0.39, 0.29) is 35.2 Å². The van der Waals surface area contributed by atoms with E-state index in [1.165, 1.54) is 5.56 Å². The number of amides is 2. The Morgan fingerprint density at radius 3 is 2.62 bits per heavy atom. The topological polar surface area (TPSA) is 66.7 Å². The molecule has 3 heterocycles. The van der Waals surface area contributed by atoms with Gasteiger partial charge in [0.05, 0.1) is 6.04 Å². The molecule has 6 heteroatoms. The Bertz CT molecular complexity index is 983. The zero-order chi connectivity index (χ0) is 21.1. The highest BCUT2D eigenvalue weighted by molar-refractivity contribution is 5.99. The van der Waals surface area contributed by atoms with Crippen molar-refractivity contribution >= 4 is 11.8 Å². The fraction of sp³-hybridized carbons (Fsp3) is 0.522. The number of hydrogen-bond acceptors (Lipinski definition) is 4. The number of aromatic nitrogens is 1. The minimum atomic E-state index is -0.323. The van der Waals surface area contributed by atoms with Crippen LogP contribution >= 0.6 is 0 Å².